The fourth-order valence-electron chi connectivity index (χ4n) is 4.26. The minimum Gasteiger partial charge on any atom is -0.352 e. The number of hydrogen-bond acceptors (Lipinski definition) is 4. The van der Waals surface area contributed by atoms with Crippen LogP contribution in [-0.2, 0) is 26.2 Å². The highest BCUT2D eigenvalue weighted by Crippen LogP contribution is 2.28. The summed E-state index contributed by atoms with van der Waals surface area (Å²) in [6, 6.07) is 17.7. The smallest absolute Gasteiger partial charge is 0.264 e. The van der Waals surface area contributed by atoms with Gasteiger partial charge in [0.2, 0.25) is 11.8 Å². The number of anilines is 1. The molecule has 40 heavy (non-hydrogen) atoms. The Hall–Kier alpha value is -3.43. The molecule has 0 unspecified atom stereocenters. The zero-order valence-electron chi connectivity index (χ0n) is 23.1. The van der Waals surface area contributed by atoms with E-state index < -0.39 is 34.3 Å². The number of hydrogen-bond donors (Lipinski definition) is 1. The van der Waals surface area contributed by atoms with Crippen molar-refractivity contribution in [2.24, 2.45) is 0 Å². The quantitative estimate of drug-likeness (QED) is 0.294. The first-order chi connectivity index (χ1) is 19.0. The molecule has 2 amide bonds. The van der Waals surface area contributed by atoms with Gasteiger partial charge in [0.25, 0.3) is 10.0 Å². The van der Waals surface area contributed by atoms with E-state index in [1.54, 1.807) is 25.1 Å². The lowest BCUT2D eigenvalue weighted by atomic mass is 10.1. The van der Waals surface area contributed by atoms with Gasteiger partial charge in [0.1, 0.15) is 18.4 Å². The molecule has 2 atom stereocenters. The third-order valence-corrected chi connectivity index (χ3v) is 8.70. The number of sulfonamides is 1. The molecule has 0 fully saturated rings. The van der Waals surface area contributed by atoms with Crippen LogP contribution in [0, 0.1) is 12.7 Å². The molecule has 214 valence electrons. The molecule has 7 nitrogen and oxygen atoms in total. The largest absolute Gasteiger partial charge is 0.352 e. The van der Waals surface area contributed by atoms with E-state index >= 15 is 0 Å². The van der Waals surface area contributed by atoms with Crippen LogP contribution in [0.1, 0.15) is 44.7 Å². The van der Waals surface area contributed by atoms with Gasteiger partial charge < -0.3 is 10.2 Å². The fourth-order valence-corrected chi connectivity index (χ4v) is 5.86. The van der Waals surface area contributed by atoms with Gasteiger partial charge in [-0.15, -0.1) is 0 Å². The zero-order chi connectivity index (χ0) is 29.4. The monoisotopic (exact) mass is 587 g/mol. The molecule has 0 heterocycles. The molecule has 0 aromatic heterocycles. The molecule has 10 heteroatoms. The van der Waals surface area contributed by atoms with E-state index in [9.17, 15) is 22.4 Å². The first kappa shape index (κ1) is 31.1. The minimum absolute atomic E-state index is 0.0243. The van der Waals surface area contributed by atoms with Gasteiger partial charge in [-0.1, -0.05) is 73.5 Å². The average Bonchev–Trinajstić information content (AvgIpc) is 2.93. The normalized spacial score (nSPS) is 12.8. The number of amides is 2. The van der Waals surface area contributed by atoms with Crippen molar-refractivity contribution >= 4 is 39.1 Å². The Kier molecular flexibility index (Phi) is 10.7. The van der Waals surface area contributed by atoms with Crippen molar-refractivity contribution in [1.82, 2.24) is 10.2 Å². The Morgan fingerprint density at radius 1 is 0.975 bits per heavy atom. The summed E-state index contributed by atoms with van der Waals surface area (Å²) in [7, 11) is -4.26. The predicted octanol–water partition coefficient (Wildman–Crippen LogP) is 5.70. The second-order valence-electron chi connectivity index (χ2n) is 9.68. The Morgan fingerprint density at radius 2 is 1.68 bits per heavy atom. The second-order valence-corrected chi connectivity index (χ2v) is 11.9. The molecule has 0 bridgehead atoms. The SMILES string of the molecule is CC[C@@H](C)NC(=O)[C@H](CC)N(Cc1cccc(C)c1)C(=O)CN(c1ccc(F)c(Cl)c1)S(=O)(=O)c1ccccc1. The number of halogens is 2. The highest BCUT2D eigenvalue weighted by molar-refractivity contribution is 7.92. The fraction of sp³-hybridized carbons (Fsp3) is 0.333. The third kappa shape index (κ3) is 7.61. The van der Waals surface area contributed by atoms with E-state index in [0.717, 1.165) is 21.5 Å². The van der Waals surface area contributed by atoms with Gasteiger partial charge in [0.05, 0.1) is 15.6 Å². The number of nitrogens with one attached hydrogen (secondary N) is 1. The molecule has 0 aliphatic carbocycles. The summed E-state index contributed by atoms with van der Waals surface area (Å²) in [5.74, 6) is -1.63. The van der Waals surface area contributed by atoms with Gasteiger partial charge in [-0.05, 0) is 62.6 Å². The zero-order valence-corrected chi connectivity index (χ0v) is 24.7. The molecule has 0 aliphatic heterocycles. The second kappa shape index (κ2) is 13.8. The summed E-state index contributed by atoms with van der Waals surface area (Å²) in [5, 5.41) is 2.66. The maximum absolute atomic E-state index is 14.0. The van der Waals surface area contributed by atoms with Gasteiger partial charge >= 0.3 is 0 Å². The van der Waals surface area contributed by atoms with Crippen LogP contribution in [-0.4, -0.2) is 43.8 Å². The van der Waals surface area contributed by atoms with Crippen molar-refractivity contribution in [3.05, 3.63) is 94.8 Å². The number of carbonyl (C=O) groups excluding carboxylic acids is 2. The van der Waals surface area contributed by atoms with Crippen LogP contribution in [0.4, 0.5) is 10.1 Å². The molecule has 0 aliphatic rings. The van der Waals surface area contributed by atoms with Gasteiger partial charge in [0.15, 0.2) is 0 Å². The van der Waals surface area contributed by atoms with Gasteiger partial charge in [-0.3, -0.25) is 13.9 Å². The predicted molar refractivity (Wildman–Crippen MR) is 156 cm³/mol. The minimum atomic E-state index is -4.26. The van der Waals surface area contributed by atoms with Crippen molar-refractivity contribution in [3.8, 4) is 0 Å². The van der Waals surface area contributed by atoms with Crippen LogP contribution in [0.5, 0.6) is 0 Å². The average molecular weight is 588 g/mol. The third-order valence-electron chi connectivity index (χ3n) is 6.62. The van der Waals surface area contributed by atoms with Crippen LogP contribution in [0.3, 0.4) is 0 Å². The Bertz CT molecular complexity index is 1440. The van der Waals surface area contributed by atoms with E-state index in [-0.39, 0.29) is 34.1 Å². The molecule has 3 aromatic rings. The van der Waals surface area contributed by atoms with Crippen molar-refractivity contribution in [2.75, 3.05) is 10.8 Å². The number of benzene rings is 3. The summed E-state index contributed by atoms with van der Waals surface area (Å²) in [6.07, 6.45) is 1.02. The molecule has 1 N–H and O–H groups in total. The number of aryl methyl sites for hydroxylation is 1. The first-order valence-corrected chi connectivity index (χ1v) is 15.0. The maximum Gasteiger partial charge on any atom is 0.264 e. The molecule has 0 spiro atoms. The molecule has 3 aromatic carbocycles. The number of rotatable bonds is 12. The van der Waals surface area contributed by atoms with Crippen molar-refractivity contribution in [3.63, 3.8) is 0 Å². The van der Waals surface area contributed by atoms with Gasteiger partial charge in [-0.25, -0.2) is 12.8 Å². The standard InChI is InChI=1S/C30H35ClFN3O4S/c1-5-22(4)33-30(37)28(6-2)34(19-23-12-10-11-21(3)17-23)29(36)20-35(24-15-16-27(32)26(31)18-24)40(38,39)25-13-8-7-9-14-25/h7-18,22,28H,5-6,19-20H2,1-4H3,(H,33,37)/t22-,28+/m1/s1. The molecule has 0 saturated heterocycles. The van der Waals surface area contributed by atoms with Crippen molar-refractivity contribution in [1.29, 1.82) is 0 Å². The summed E-state index contributed by atoms with van der Waals surface area (Å²) in [6.45, 7) is 7.02. The summed E-state index contributed by atoms with van der Waals surface area (Å²) < 4.78 is 42.5. The van der Waals surface area contributed by atoms with E-state index in [1.165, 1.54) is 29.2 Å². The van der Waals surface area contributed by atoms with Crippen LogP contribution in [0.25, 0.3) is 0 Å². The summed E-state index contributed by atoms with van der Waals surface area (Å²) in [4.78, 5) is 28.7. The topological polar surface area (TPSA) is 86.8 Å². The van der Waals surface area contributed by atoms with Gasteiger partial charge in [-0.2, -0.15) is 0 Å². The number of carbonyl (C=O) groups is 2. The van der Waals surface area contributed by atoms with Crippen molar-refractivity contribution < 1.29 is 22.4 Å². The molecular weight excluding hydrogens is 553 g/mol. The van der Waals surface area contributed by atoms with E-state index in [2.05, 4.69) is 5.32 Å². The van der Waals surface area contributed by atoms with E-state index in [1.807, 2.05) is 45.0 Å². The van der Waals surface area contributed by atoms with Crippen molar-refractivity contribution in [2.45, 2.75) is 64.1 Å². The first-order valence-electron chi connectivity index (χ1n) is 13.2. The Labute approximate surface area is 241 Å². The summed E-state index contributed by atoms with van der Waals surface area (Å²) in [5.41, 5.74) is 1.80. The lowest BCUT2D eigenvalue weighted by Gasteiger charge is -2.33. The molecule has 0 saturated carbocycles. The van der Waals surface area contributed by atoms with Gasteiger partial charge in [0, 0.05) is 12.6 Å². The lowest BCUT2D eigenvalue weighted by molar-refractivity contribution is -0.140. The molecular formula is C30H35ClFN3O4S. The lowest BCUT2D eigenvalue weighted by Crippen LogP contribution is -2.53. The van der Waals surface area contributed by atoms with Crippen LogP contribution >= 0.6 is 11.6 Å². The number of nitrogens with zero attached hydrogens (tertiary/aromatic N) is 2. The highest BCUT2D eigenvalue weighted by atomic mass is 35.5. The van der Waals surface area contributed by atoms with E-state index in [0.29, 0.717) is 12.8 Å². The van der Waals surface area contributed by atoms with Crippen LogP contribution in [0.2, 0.25) is 5.02 Å². The van der Waals surface area contributed by atoms with Crippen LogP contribution in [0.15, 0.2) is 77.7 Å². The Balaban J connectivity index is 2.07. The Morgan fingerprint density at radius 3 is 2.27 bits per heavy atom. The molecule has 0 radical (unpaired) electrons. The molecule has 3 rings (SSSR count). The summed E-state index contributed by atoms with van der Waals surface area (Å²) >= 11 is 6.01. The van der Waals surface area contributed by atoms with Crippen LogP contribution < -0.4 is 9.62 Å². The maximum atomic E-state index is 14.0. The highest BCUT2D eigenvalue weighted by Gasteiger charge is 2.34. The van der Waals surface area contributed by atoms with E-state index in [4.69, 9.17) is 11.6 Å².